The number of carbonyl (C=O) groups excluding carboxylic acids is 1. The second-order valence-corrected chi connectivity index (χ2v) is 4.18. The first kappa shape index (κ1) is 13.0. The third-order valence-electron chi connectivity index (χ3n) is 2.47. The molecule has 2 rings (SSSR count). The zero-order valence-corrected chi connectivity index (χ0v) is 10.6. The number of imidazole rings is 1. The summed E-state index contributed by atoms with van der Waals surface area (Å²) in [6.45, 7) is 1.65. The molecule has 1 aromatic heterocycles. The Morgan fingerprint density at radius 2 is 2.26 bits per heavy atom. The summed E-state index contributed by atoms with van der Waals surface area (Å²) in [7, 11) is 0. The van der Waals surface area contributed by atoms with Crippen LogP contribution in [0.2, 0.25) is 5.02 Å². The van der Waals surface area contributed by atoms with E-state index in [0.29, 0.717) is 11.3 Å². The van der Waals surface area contributed by atoms with Gasteiger partial charge in [0.25, 0.3) is 5.69 Å². The molecular weight excluding hydrogens is 272 g/mol. The van der Waals surface area contributed by atoms with E-state index < -0.39 is 11.0 Å². The smallest absolute Gasteiger partial charge is 0.307 e. The summed E-state index contributed by atoms with van der Waals surface area (Å²) < 4.78 is 1.24. The lowest BCUT2D eigenvalue weighted by Crippen LogP contribution is -2.18. The molecule has 0 unspecified atom stereocenters. The van der Waals surface area contributed by atoms with E-state index in [4.69, 9.17) is 11.6 Å². The van der Waals surface area contributed by atoms with Crippen LogP contribution in [0.5, 0.6) is 0 Å². The van der Waals surface area contributed by atoms with E-state index >= 15 is 0 Å². The number of nitrogens with zero attached hydrogens (tertiary/aromatic N) is 3. The first-order valence-electron chi connectivity index (χ1n) is 5.23. The number of nitro groups is 1. The van der Waals surface area contributed by atoms with Crippen molar-refractivity contribution in [2.45, 2.75) is 6.92 Å². The van der Waals surface area contributed by atoms with Gasteiger partial charge in [0.1, 0.15) is 11.3 Å². The molecule has 8 heteroatoms. The van der Waals surface area contributed by atoms with Gasteiger partial charge >= 0.3 is 6.03 Å². The molecule has 0 radical (unpaired) electrons. The lowest BCUT2D eigenvalue weighted by atomic mass is 10.2. The molecule has 98 valence electrons. The fraction of sp³-hybridized carbons (Fsp3) is 0.0909. The van der Waals surface area contributed by atoms with E-state index in [-0.39, 0.29) is 10.7 Å². The molecule has 1 N–H and O–H groups in total. The van der Waals surface area contributed by atoms with Crippen molar-refractivity contribution in [3.05, 3.63) is 51.6 Å². The minimum Gasteiger partial charge on any atom is -0.307 e. The first-order chi connectivity index (χ1) is 8.99. The number of carbonyl (C=O) groups is 1. The van der Waals surface area contributed by atoms with Crippen molar-refractivity contribution in [3.8, 4) is 0 Å². The number of aryl methyl sites for hydroxylation is 1. The van der Waals surface area contributed by atoms with E-state index in [2.05, 4.69) is 10.3 Å². The number of anilines is 1. The Bertz CT molecular complexity index is 640. The van der Waals surface area contributed by atoms with Gasteiger partial charge in [-0.1, -0.05) is 11.6 Å². The summed E-state index contributed by atoms with van der Waals surface area (Å²) in [6, 6.07) is 2.24. The monoisotopic (exact) mass is 280 g/mol. The zero-order valence-electron chi connectivity index (χ0n) is 9.83. The number of halogens is 1. The van der Waals surface area contributed by atoms with Crippen LogP contribution in [0, 0.1) is 17.0 Å². The molecule has 0 aliphatic heterocycles. The highest BCUT2D eigenvalue weighted by molar-refractivity contribution is 6.33. The summed E-state index contributed by atoms with van der Waals surface area (Å²) in [5.41, 5.74) is 0.763. The quantitative estimate of drug-likeness (QED) is 0.676. The van der Waals surface area contributed by atoms with Gasteiger partial charge in [0.05, 0.1) is 4.92 Å². The molecule has 0 saturated heterocycles. The average molecular weight is 281 g/mol. The molecule has 2 aromatic rings. The lowest BCUT2D eigenvalue weighted by molar-refractivity contribution is -0.384. The molecule has 0 bridgehead atoms. The molecule has 0 spiro atoms. The predicted octanol–water partition coefficient (Wildman–Crippen LogP) is 2.83. The maximum absolute atomic E-state index is 11.8. The molecule has 19 heavy (non-hydrogen) atoms. The molecular formula is C11H9ClN4O3. The van der Waals surface area contributed by atoms with Crippen LogP contribution in [-0.2, 0) is 0 Å². The first-order valence-corrected chi connectivity index (χ1v) is 5.60. The van der Waals surface area contributed by atoms with Gasteiger partial charge in [0, 0.05) is 24.1 Å². The van der Waals surface area contributed by atoms with Crippen LogP contribution in [-0.4, -0.2) is 20.5 Å². The highest BCUT2D eigenvalue weighted by atomic mass is 35.5. The third-order valence-corrected chi connectivity index (χ3v) is 2.77. The topological polar surface area (TPSA) is 90.1 Å². The number of rotatable bonds is 2. The summed E-state index contributed by atoms with van der Waals surface area (Å²) in [5.74, 6) is 0. The van der Waals surface area contributed by atoms with Gasteiger partial charge in [-0.05, 0) is 18.6 Å². The Labute approximate surface area is 113 Å². The van der Waals surface area contributed by atoms with Gasteiger partial charge in [-0.3, -0.25) is 14.7 Å². The van der Waals surface area contributed by atoms with Crippen molar-refractivity contribution in [2.75, 3.05) is 5.32 Å². The molecule has 0 atom stereocenters. The van der Waals surface area contributed by atoms with E-state index in [9.17, 15) is 14.9 Å². The van der Waals surface area contributed by atoms with Crippen molar-refractivity contribution in [2.24, 2.45) is 0 Å². The maximum atomic E-state index is 11.8. The van der Waals surface area contributed by atoms with E-state index in [0.717, 1.165) is 0 Å². The summed E-state index contributed by atoms with van der Waals surface area (Å²) >= 11 is 5.79. The fourth-order valence-corrected chi connectivity index (χ4v) is 1.73. The normalized spacial score (nSPS) is 10.2. The Kier molecular flexibility index (Phi) is 3.48. The van der Waals surface area contributed by atoms with Crippen molar-refractivity contribution in [3.63, 3.8) is 0 Å². The van der Waals surface area contributed by atoms with E-state index in [1.54, 1.807) is 6.92 Å². The largest absolute Gasteiger partial charge is 0.331 e. The highest BCUT2D eigenvalue weighted by Gasteiger charge is 2.16. The molecule has 1 heterocycles. The van der Waals surface area contributed by atoms with Gasteiger partial charge in [-0.25, -0.2) is 9.78 Å². The van der Waals surface area contributed by atoms with Crippen LogP contribution in [0.15, 0.2) is 30.9 Å². The number of hydrogen-bond acceptors (Lipinski definition) is 4. The van der Waals surface area contributed by atoms with Crippen LogP contribution in [0.3, 0.4) is 0 Å². The minimum absolute atomic E-state index is 0.0310. The lowest BCUT2D eigenvalue weighted by Gasteiger charge is -2.09. The number of nitrogens with one attached hydrogen (secondary N) is 1. The van der Waals surface area contributed by atoms with Crippen molar-refractivity contribution in [1.82, 2.24) is 9.55 Å². The van der Waals surface area contributed by atoms with Gasteiger partial charge in [-0.15, -0.1) is 0 Å². The zero-order chi connectivity index (χ0) is 14.0. The number of hydrogen-bond donors (Lipinski definition) is 1. The summed E-state index contributed by atoms with van der Waals surface area (Å²) in [4.78, 5) is 25.7. The SMILES string of the molecule is Cc1cc([N+](=O)[O-])c(Cl)cc1NC(=O)n1ccnc1. The van der Waals surface area contributed by atoms with Gasteiger partial charge in [-0.2, -0.15) is 0 Å². The van der Waals surface area contributed by atoms with E-state index in [1.807, 2.05) is 0 Å². The predicted molar refractivity (Wildman–Crippen MR) is 69.5 cm³/mol. The summed E-state index contributed by atoms with van der Waals surface area (Å²) in [5, 5.41) is 13.3. The van der Waals surface area contributed by atoms with Crippen LogP contribution < -0.4 is 5.32 Å². The molecule has 0 aliphatic carbocycles. The van der Waals surface area contributed by atoms with Crippen molar-refractivity contribution in [1.29, 1.82) is 0 Å². The van der Waals surface area contributed by atoms with Crippen molar-refractivity contribution < 1.29 is 9.72 Å². The standard InChI is InChI=1S/C11H9ClN4O3/c1-7-4-10(16(18)19)8(12)5-9(7)14-11(17)15-3-2-13-6-15/h2-6H,1H3,(H,14,17). The average Bonchev–Trinajstić information content (AvgIpc) is 2.86. The second kappa shape index (κ2) is 5.07. The number of amides is 1. The third kappa shape index (κ3) is 2.71. The molecule has 0 aliphatic rings. The molecule has 1 aromatic carbocycles. The fourth-order valence-electron chi connectivity index (χ4n) is 1.50. The maximum Gasteiger partial charge on any atom is 0.331 e. The summed E-state index contributed by atoms with van der Waals surface area (Å²) in [6.07, 6.45) is 4.30. The number of benzene rings is 1. The van der Waals surface area contributed by atoms with Gasteiger partial charge in [0.2, 0.25) is 0 Å². The molecule has 7 nitrogen and oxygen atoms in total. The van der Waals surface area contributed by atoms with Crippen molar-refractivity contribution >= 4 is 29.0 Å². The molecule has 0 saturated carbocycles. The molecule has 1 amide bonds. The number of aromatic nitrogens is 2. The Morgan fingerprint density at radius 1 is 1.53 bits per heavy atom. The second-order valence-electron chi connectivity index (χ2n) is 3.78. The Hall–Kier alpha value is -2.41. The highest BCUT2D eigenvalue weighted by Crippen LogP contribution is 2.30. The minimum atomic E-state index is -0.573. The molecule has 0 fully saturated rings. The van der Waals surface area contributed by atoms with Gasteiger partial charge in [0.15, 0.2) is 0 Å². The van der Waals surface area contributed by atoms with E-state index in [1.165, 1.54) is 35.4 Å². The van der Waals surface area contributed by atoms with Crippen LogP contribution in [0.1, 0.15) is 5.56 Å². The Balaban J connectivity index is 2.29. The Morgan fingerprint density at radius 3 is 2.84 bits per heavy atom. The van der Waals surface area contributed by atoms with Crippen LogP contribution in [0.25, 0.3) is 0 Å². The van der Waals surface area contributed by atoms with Crippen LogP contribution >= 0.6 is 11.6 Å². The van der Waals surface area contributed by atoms with Crippen LogP contribution in [0.4, 0.5) is 16.2 Å². The van der Waals surface area contributed by atoms with Gasteiger partial charge < -0.3 is 5.32 Å². The number of nitro benzene ring substituents is 1.